The van der Waals surface area contributed by atoms with Crippen molar-refractivity contribution in [3.8, 4) is 0 Å². The monoisotopic (exact) mass is 311 g/mol. The predicted molar refractivity (Wildman–Crippen MR) is 97.3 cm³/mol. The first kappa shape index (κ1) is 15.7. The molecule has 22 heavy (non-hydrogen) atoms. The zero-order valence-electron chi connectivity index (χ0n) is 13.9. The number of hydrogen-bond donors (Lipinski definition) is 0. The SMILES string of the molecule is CC1CC(C)C([S+](c2ccccc2)c2ccccc2)C(C)C1. The van der Waals surface area contributed by atoms with Gasteiger partial charge in [0, 0.05) is 11.8 Å². The van der Waals surface area contributed by atoms with Gasteiger partial charge in [0.05, 0.1) is 10.9 Å². The Hall–Kier alpha value is -1.21. The fourth-order valence-electron chi connectivity index (χ4n) is 4.24. The minimum Gasteiger partial charge on any atom is -0.0625 e. The smallest absolute Gasteiger partial charge is 0.0625 e. The second-order valence-electron chi connectivity index (χ2n) is 6.96. The molecule has 0 radical (unpaired) electrons. The standard InChI is InChI=1S/C21H27S/c1-16-14-17(2)21(18(3)15-16)22(19-10-6-4-7-11-19)20-12-8-5-9-13-20/h4-13,16-18,21H,14-15H2,1-3H3/q+1. The Bertz CT molecular complexity index is 526. The average Bonchev–Trinajstić information content (AvgIpc) is 2.52. The molecule has 2 unspecified atom stereocenters. The van der Waals surface area contributed by atoms with Crippen molar-refractivity contribution in [1.29, 1.82) is 0 Å². The van der Waals surface area contributed by atoms with E-state index in [-0.39, 0.29) is 10.9 Å². The summed E-state index contributed by atoms with van der Waals surface area (Å²) in [4.78, 5) is 3.01. The van der Waals surface area contributed by atoms with E-state index in [0.717, 1.165) is 23.0 Å². The summed E-state index contributed by atoms with van der Waals surface area (Å²) in [7, 11) is 0.187. The molecule has 0 spiro atoms. The molecule has 1 aliphatic rings. The van der Waals surface area contributed by atoms with Gasteiger partial charge in [-0.15, -0.1) is 0 Å². The van der Waals surface area contributed by atoms with Gasteiger partial charge in [0.1, 0.15) is 5.25 Å². The molecule has 3 rings (SSSR count). The highest BCUT2D eigenvalue weighted by atomic mass is 32.2. The lowest BCUT2D eigenvalue weighted by Gasteiger charge is -2.36. The molecule has 116 valence electrons. The highest BCUT2D eigenvalue weighted by Crippen LogP contribution is 2.43. The Balaban J connectivity index is 2.02. The molecule has 0 nitrogen and oxygen atoms in total. The third-order valence-corrected chi connectivity index (χ3v) is 7.97. The molecule has 2 atom stereocenters. The van der Waals surface area contributed by atoms with Gasteiger partial charge in [-0.1, -0.05) is 57.2 Å². The van der Waals surface area contributed by atoms with Gasteiger partial charge >= 0.3 is 0 Å². The summed E-state index contributed by atoms with van der Waals surface area (Å²) >= 11 is 0. The van der Waals surface area contributed by atoms with E-state index in [0.29, 0.717) is 0 Å². The lowest BCUT2D eigenvalue weighted by Crippen LogP contribution is -2.40. The van der Waals surface area contributed by atoms with Crippen molar-refractivity contribution in [3.05, 3.63) is 60.7 Å². The van der Waals surface area contributed by atoms with Crippen LogP contribution in [-0.2, 0) is 10.9 Å². The molecule has 1 heteroatoms. The molecule has 0 amide bonds. The van der Waals surface area contributed by atoms with Gasteiger partial charge < -0.3 is 0 Å². The lowest BCUT2D eigenvalue weighted by atomic mass is 9.77. The molecule has 1 fully saturated rings. The maximum absolute atomic E-state index is 2.47. The molecule has 0 N–H and O–H groups in total. The fourth-order valence-corrected chi connectivity index (χ4v) is 7.20. The Morgan fingerprint density at radius 1 is 0.682 bits per heavy atom. The Morgan fingerprint density at radius 2 is 1.09 bits per heavy atom. The largest absolute Gasteiger partial charge is 0.161 e. The molecule has 1 aliphatic carbocycles. The van der Waals surface area contributed by atoms with Crippen LogP contribution in [0.1, 0.15) is 33.6 Å². The van der Waals surface area contributed by atoms with Gasteiger partial charge in [0.25, 0.3) is 0 Å². The van der Waals surface area contributed by atoms with Gasteiger partial charge in [0.2, 0.25) is 0 Å². The molecule has 0 heterocycles. The molecular weight excluding hydrogens is 284 g/mol. The number of benzene rings is 2. The van der Waals surface area contributed by atoms with E-state index < -0.39 is 0 Å². The second kappa shape index (κ2) is 6.91. The Morgan fingerprint density at radius 3 is 1.50 bits per heavy atom. The van der Waals surface area contributed by atoms with E-state index in [2.05, 4.69) is 81.4 Å². The zero-order valence-corrected chi connectivity index (χ0v) is 14.7. The van der Waals surface area contributed by atoms with Crippen LogP contribution in [0.4, 0.5) is 0 Å². The van der Waals surface area contributed by atoms with Crippen LogP contribution in [0.15, 0.2) is 70.5 Å². The number of hydrogen-bond acceptors (Lipinski definition) is 0. The van der Waals surface area contributed by atoms with Crippen LogP contribution in [-0.4, -0.2) is 5.25 Å². The molecule has 0 aromatic heterocycles. The van der Waals surface area contributed by atoms with E-state index in [1.807, 2.05) is 0 Å². The van der Waals surface area contributed by atoms with E-state index in [4.69, 9.17) is 0 Å². The van der Waals surface area contributed by atoms with Crippen molar-refractivity contribution < 1.29 is 0 Å². The molecule has 2 aromatic rings. The predicted octanol–water partition coefficient (Wildman–Crippen LogP) is 5.79. The Labute approximate surface area is 138 Å². The average molecular weight is 312 g/mol. The molecule has 0 aliphatic heterocycles. The minimum atomic E-state index is 0.187. The topological polar surface area (TPSA) is 0 Å². The summed E-state index contributed by atoms with van der Waals surface area (Å²) < 4.78 is 0. The summed E-state index contributed by atoms with van der Waals surface area (Å²) in [5, 5.41) is 0.765. The summed E-state index contributed by atoms with van der Waals surface area (Å²) in [6, 6.07) is 22.3. The van der Waals surface area contributed by atoms with Gasteiger partial charge in [-0.2, -0.15) is 0 Å². The first-order valence-corrected chi connectivity index (χ1v) is 9.78. The van der Waals surface area contributed by atoms with E-state index in [9.17, 15) is 0 Å². The van der Waals surface area contributed by atoms with Crippen LogP contribution >= 0.6 is 0 Å². The zero-order chi connectivity index (χ0) is 15.5. The molecule has 0 saturated heterocycles. The van der Waals surface area contributed by atoms with Gasteiger partial charge in [-0.25, -0.2) is 0 Å². The number of rotatable bonds is 3. The van der Waals surface area contributed by atoms with E-state index in [1.54, 1.807) is 0 Å². The normalized spacial score (nSPS) is 28.7. The molecule has 2 aromatic carbocycles. The third-order valence-electron chi connectivity index (χ3n) is 4.94. The van der Waals surface area contributed by atoms with Crippen molar-refractivity contribution in [2.24, 2.45) is 17.8 Å². The van der Waals surface area contributed by atoms with Crippen LogP contribution in [0.3, 0.4) is 0 Å². The van der Waals surface area contributed by atoms with Crippen molar-refractivity contribution in [2.75, 3.05) is 0 Å². The third kappa shape index (κ3) is 3.25. The van der Waals surface area contributed by atoms with Gasteiger partial charge in [-0.05, 0) is 43.0 Å². The van der Waals surface area contributed by atoms with Crippen LogP contribution in [0.5, 0.6) is 0 Å². The van der Waals surface area contributed by atoms with Crippen LogP contribution in [0, 0.1) is 17.8 Å². The van der Waals surface area contributed by atoms with Gasteiger partial charge in [-0.3, -0.25) is 0 Å². The first-order chi connectivity index (χ1) is 10.7. The van der Waals surface area contributed by atoms with Crippen LogP contribution in [0.2, 0.25) is 0 Å². The van der Waals surface area contributed by atoms with E-state index in [1.165, 1.54) is 22.6 Å². The van der Waals surface area contributed by atoms with Crippen molar-refractivity contribution >= 4 is 10.9 Å². The fraction of sp³-hybridized carbons (Fsp3) is 0.429. The quantitative estimate of drug-likeness (QED) is 0.629. The maximum Gasteiger partial charge on any atom is 0.161 e. The first-order valence-electron chi connectivity index (χ1n) is 8.50. The summed E-state index contributed by atoms with van der Waals surface area (Å²) in [5.74, 6) is 2.46. The lowest BCUT2D eigenvalue weighted by molar-refractivity contribution is 0.241. The van der Waals surface area contributed by atoms with Crippen molar-refractivity contribution in [3.63, 3.8) is 0 Å². The van der Waals surface area contributed by atoms with Crippen LogP contribution in [0.25, 0.3) is 0 Å². The molecule has 1 saturated carbocycles. The summed E-state index contributed by atoms with van der Waals surface area (Å²) in [5.41, 5.74) is 0. The van der Waals surface area contributed by atoms with Crippen molar-refractivity contribution in [2.45, 2.75) is 48.7 Å². The second-order valence-corrected chi connectivity index (χ2v) is 9.12. The Kier molecular flexibility index (Phi) is 4.93. The maximum atomic E-state index is 2.47. The summed E-state index contributed by atoms with van der Waals surface area (Å²) in [6.45, 7) is 7.37. The van der Waals surface area contributed by atoms with Gasteiger partial charge in [0.15, 0.2) is 9.79 Å². The van der Waals surface area contributed by atoms with E-state index >= 15 is 0 Å². The highest BCUT2D eigenvalue weighted by Gasteiger charge is 2.45. The highest BCUT2D eigenvalue weighted by molar-refractivity contribution is 7.97. The van der Waals surface area contributed by atoms with Crippen LogP contribution < -0.4 is 0 Å². The minimum absolute atomic E-state index is 0.187. The molecular formula is C21H27S+. The molecule has 0 bridgehead atoms. The van der Waals surface area contributed by atoms with Crippen molar-refractivity contribution in [1.82, 2.24) is 0 Å². The summed E-state index contributed by atoms with van der Waals surface area (Å²) in [6.07, 6.45) is 2.75.